The highest BCUT2D eigenvalue weighted by molar-refractivity contribution is 7.91. The van der Waals surface area contributed by atoms with E-state index in [0.717, 1.165) is 11.1 Å². The molecule has 0 aliphatic heterocycles. The van der Waals surface area contributed by atoms with Crippen molar-refractivity contribution in [3.8, 4) is 5.75 Å². The molecule has 0 saturated heterocycles. The van der Waals surface area contributed by atoms with E-state index in [1.165, 1.54) is 24.5 Å². The summed E-state index contributed by atoms with van der Waals surface area (Å²) in [5.74, 6) is -0.909. The molecule has 2 aromatic carbocycles. The maximum atomic E-state index is 13.2. The molecule has 2 amide bonds. The van der Waals surface area contributed by atoms with Crippen molar-refractivity contribution in [2.45, 2.75) is 23.5 Å². The van der Waals surface area contributed by atoms with E-state index < -0.39 is 26.9 Å². The van der Waals surface area contributed by atoms with Crippen molar-refractivity contribution in [2.24, 2.45) is 0 Å². The fourth-order valence-corrected chi connectivity index (χ4v) is 4.88. The first-order valence-corrected chi connectivity index (χ1v) is 11.9. The highest BCUT2D eigenvalue weighted by Gasteiger charge is 2.32. The van der Waals surface area contributed by atoms with Crippen LogP contribution < -0.4 is 15.4 Å². The van der Waals surface area contributed by atoms with Gasteiger partial charge in [0.2, 0.25) is 0 Å². The van der Waals surface area contributed by atoms with Gasteiger partial charge in [-0.2, -0.15) is 0 Å². The molecular weight excluding hydrogens is 444 g/mol. The highest BCUT2D eigenvalue weighted by atomic mass is 32.2. The Morgan fingerprint density at radius 1 is 0.970 bits per heavy atom. The van der Waals surface area contributed by atoms with Crippen molar-refractivity contribution in [1.29, 1.82) is 0 Å². The van der Waals surface area contributed by atoms with Crippen molar-refractivity contribution in [2.75, 3.05) is 20.2 Å². The number of furan rings is 1. The first-order chi connectivity index (χ1) is 15.8. The number of nitrogens with one attached hydrogen (secondary N) is 2. The van der Waals surface area contributed by atoms with Crippen LogP contribution in [0.3, 0.4) is 0 Å². The number of carbonyl (C=O) groups excluding carboxylic acids is 2. The van der Waals surface area contributed by atoms with Crippen LogP contribution in [0.15, 0.2) is 76.2 Å². The van der Waals surface area contributed by atoms with E-state index in [4.69, 9.17) is 9.15 Å². The summed E-state index contributed by atoms with van der Waals surface area (Å²) in [5, 5.41) is 3.77. The van der Waals surface area contributed by atoms with Crippen LogP contribution in [0.2, 0.25) is 0 Å². The van der Waals surface area contributed by atoms with Gasteiger partial charge < -0.3 is 19.8 Å². The quantitative estimate of drug-likeness (QED) is 0.465. The normalized spacial score (nSPS) is 12.1. The molecule has 1 heterocycles. The predicted octanol–water partition coefficient (Wildman–Crippen LogP) is 2.59. The van der Waals surface area contributed by atoms with Gasteiger partial charge in [-0.05, 0) is 49.2 Å². The largest absolute Gasteiger partial charge is 0.496 e. The summed E-state index contributed by atoms with van der Waals surface area (Å²) in [7, 11) is -2.32. The molecule has 8 nitrogen and oxygen atoms in total. The molecule has 0 aliphatic rings. The molecular formula is C24H26N2O6S. The summed E-state index contributed by atoms with van der Waals surface area (Å²) >= 11 is 0. The molecule has 0 aliphatic carbocycles. The minimum absolute atomic E-state index is 0.102. The molecule has 0 radical (unpaired) electrons. The third-order valence-corrected chi connectivity index (χ3v) is 7.19. The van der Waals surface area contributed by atoms with E-state index in [-0.39, 0.29) is 23.7 Å². The topological polar surface area (TPSA) is 115 Å². The Morgan fingerprint density at radius 2 is 1.67 bits per heavy atom. The number of benzene rings is 2. The fraction of sp³-hybridized carbons (Fsp3) is 0.250. The zero-order valence-corrected chi connectivity index (χ0v) is 19.2. The number of hydrogen-bond donors (Lipinski definition) is 2. The molecule has 1 aromatic heterocycles. The molecule has 0 fully saturated rings. The Labute approximate surface area is 192 Å². The SMILES string of the molecule is COc1ccccc1CCNC(=O)C(=O)NC[C@@H](c1ccco1)S(=O)(=O)c1ccc(C)cc1. The Kier molecular flexibility index (Phi) is 7.89. The van der Waals surface area contributed by atoms with Gasteiger partial charge in [0.25, 0.3) is 0 Å². The molecule has 3 rings (SSSR count). The number of hydrogen-bond acceptors (Lipinski definition) is 6. The Bertz CT molecular complexity index is 1190. The number of methoxy groups -OCH3 is 1. The van der Waals surface area contributed by atoms with E-state index in [1.54, 1.807) is 25.3 Å². The van der Waals surface area contributed by atoms with Gasteiger partial charge >= 0.3 is 11.8 Å². The maximum Gasteiger partial charge on any atom is 0.309 e. The lowest BCUT2D eigenvalue weighted by atomic mass is 10.1. The van der Waals surface area contributed by atoms with Gasteiger partial charge in [-0.1, -0.05) is 35.9 Å². The number of ether oxygens (including phenoxy) is 1. The van der Waals surface area contributed by atoms with Gasteiger partial charge in [-0.3, -0.25) is 9.59 Å². The van der Waals surface area contributed by atoms with E-state index in [0.29, 0.717) is 12.2 Å². The second kappa shape index (κ2) is 10.8. The van der Waals surface area contributed by atoms with Crippen LogP contribution >= 0.6 is 0 Å². The zero-order chi connectivity index (χ0) is 23.8. The lowest BCUT2D eigenvalue weighted by Gasteiger charge is -2.17. The van der Waals surface area contributed by atoms with E-state index in [9.17, 15) is 18.0 Å². The first-order valence-electron chi connectivity index (χ1n) is 10.3. The van der Waals surface area contributed by atoms with Crippen molar-refractivity contribution >= 4 is 21.7 Å². The van der Waals surface area contributed by atoms with Crippen LogP contribution in [-0.4, -0.2) is 40.4 Å². The van der Waals surface area contributed by atoms with Crippen molar-refractivity contribution in [3.63, 3.8) is 0 Å². The smallest absolute Gasteiger partial charge is 0.309 e. The van der Waals surface area contributed by atoms with Gasteiger partial charge in [0.05, 0.1) is 18.3 Å². The van der Waals surface area contributed by atoms with Crippen LogP contribution in [-0.2, 0) is 25.8 Å². The zero-order valence-electron chi connectivity index (χ0n) is 18.4. The molecule has 9 heteroatoms. The third-order valence-electron chi connectivity index (χ3n) is 5.11. The Morgan fingerprint density at radius 3 is 2.33 bits per heavy atom. The van der Waals surface area contributed by atoms with Crippen LogP contribution in [0.5, 0.6) is 5.75 Å². The molecule has 0 spiro atoms. The summed E-state index contributed by atoms with van der Waals surface area (Å²) in [5.41, 5.74) is 1.81. The number of para-hydroxylation sites is 1. The summed E-state index contributed by atoms with van der Waals surface area (Å²) < 4.78 is 37.0. The van der Waals surface area contributed by atoms with Gasteiger partial charge in [-0.25, -0.2) is 8.42 Å². The molecule has 1 atom stereocenters. The number of sulfone groups is 1. The molecule has 3 aromatic rings. The lowest BCUT2D eigenvalue weighted by molar-refractivity contribution is -0.139. The third kappa shape index (κ3) is 6.01. The molecule has 2 N–H and O–H groups in total. The van der Waals surface area contributed by atoms with Crippen molar-refractivity contribution in [1.82, 2.24) is 10.6 Å². The number of carbonyl (C=O) groups is 2. The standard InChI is InChI=1S/C24H26N2O6S/c1-17-9-11-19(12-10-17)33(29,30)22(21-8-5-15-32-21)16-26-24(28)23(27)25-14-13-18-6-3-4-7-20(18)31-2/h3-12,15,22H,13-14,16H2,1-2H3,(H,25,27)(H,26,28)/t22-/m0/s1. The van der Waals surface area contributed by atoms with Crippen molar-refractivity contribution in [3.05, 3.63) is 83.8 Å². The van der Waals surface area contributed by atoms with E-state index in [1.807, 2.05) is 31.2 Å². The molecule has 174 valence electrons. The molecule has 0 saturated carbocycles. The fourth-order valence-electron chi connectivity index (χ4n) is 3.30. The maximum absolute atomic E-state index is 13.2. The van der Waals surface area contributed by atoms with Gasteiger partial charge in [0.15, 0.2) is 9.84 Å². The molecule has 33 heavy (non-hydrogen) atoms. The average Bonchev–Trinajstić information content (AvgIpc) is 3.34. The summed E-state index contributed by atoms with van der Waals surface area (Å²) in [6.07, 6.45) is 1.83. The molecule has 0 unspecified atom stereocenters. The lowest BCUT2D eigenvalue weighted by Crippen LogP contribution is -2.42. The van der Waals surface area contributed by atoms with Gasteiger partial charge in [0.1, 0.15) is 16.8 Å². The number of aryl methyl sites for hydroxylation is 1. The molecule has 0 bridgehead atoms. The highest BCUT2D eigenvalue weighted by Crippen LogP contribution is 2.29. The van der Waals surface area contributed by atoms with Crippen LogP contribution in [0.4, 0.5) is 0 Å². The van der Waals surface area contributed by atoms with Gasteiger partial charge in [-0.15, -0.1) is 0 Å². The van der Waals surface area contributed by atoms with Crippen molar-refractivity contribution < 1.29 is 27.2 Å². The number of rotatable bonds is 9. The predicted molar refractivity (Wildman–Crippen MR) is 123 cm³/mol. The Hall–Kier alpha value is -3.59. The van der Waals surface area contributed by atoms with E-state index >= 15 is 0 Å². The average molecular weight is 471 g/mol. The summed E-state index contributed by atoms with van der Waals surface area (Å²) in [6, 6.07) is 16.9. The Balaban J connectivity index is 1.62. The minimum atomic E-state index is -3.88. The van der Waals surface area contributed by atoms with Gasteiger partial charge in [0, 0.05) is 13.1 Å². The van der Waals surface area contributed by atoms with Crippen LogP contribution in [0.1, 0.15) is 22.1 Å². The minimum Gasteiger partial charge on any atom is -0.496 e. The summed E-state index contributed by atoms with van der Waals surface area (Å²) in [4.78, 5) is 24.6. The second-order valence-electron chi connectivity index (χ2n) is 7.39. The van der Waals surface area contributed by atoms with Crippen LogP contribution in [0.25, 0.3) is 0 Å². The first kappa shape index (κ1) is 24.1. The monoisotopic (exact) mass is 470 g/mol. The number of amides is 2. The van der Waals surface area contributed by atoms with Crippen LogP contribution in [0, 0.1) is 6.92 Å². The second-order valence-corrected chi connectivity index (χ2v) is 9.52. The van der Waals surface area contributed by atoms with E-state index in [2.05, 4.69) is 10.6 Å². The summed E-state index contributed by atoms with van der Waals surface area (Å²) in [6.45, 7) is 1.76.